The van der Waals surface area contributed by atoms with E-state index in [1.807, 2.05) is 16.7 Å². The highest BCUT2D eigenvalue weighted by atomic mass is 35.5. The summed E-state index contributed by atoms with van der Waals surface area (Å²) in [5.41, 5.74) is 0.675. The number of halogens is 1. The quantitative estimate of drug-likeness (QED) is 0.494. The van der Waals surface area contributed by atoms with Crippen LogP contribution in [0.2, 0.25) is 5.02 Å². The monoisotopic (exact) mass is 471 g/mol. The van der Waals surface area contributed by atoms with E-state index in [9.17, 15) is 9.59 Å². The van der Waals surface area contributed by atoms with Gasteiger partial charge < -0.3 is 19.9 Å². The number of nitrogens with one attached hydrogen (secondary N) is 1. The van der Waals surface area contributed by atoms with Gasteiger partial charge >= 0.3 is 0 Å². The van der Waals surface area contributed by atoms with E-state index in [4.69, 9.17) is 16.7 Å². The number of pyridine rings is 1. The normalized spacial score (nSPS) is 10.9. The van der Waals surface area contributed by atoms with Crippen molar-refractivity contribution >= 4 is 39.1 Å². The Bertz CT molecular complexity index is 1200. The Balaban J connectivity index is 1.95. The van der Waals surface area contributed by atoms with Crippen LogP contribution >= 0.6 is 22.9 Å². The number of benzene rings is 1. The van der Waals surface area contributed by atoms with E-state index in [0.29, 0.717) is 28.4 Å². The molecule has 0 aliphatic carbocycles. The highest BCUT2D eigenvalue weighted by Gasteiger charge is 2.18. The van der Waals surface area contributed by atoms with Crippen LogP contribution in [0.4, 0.5) is 0 Å². The van der Waals surface area contributed by atoms with E-state index >= 15 is 0 Å². The molecule has 0 fully saturated rings. The lowest BCUT2D eigenvalue weighted by Gasteiger charge is -2.19. The van der Waals surface area contributed by atoms with Crippen LogP contribution in [0, 0.1) is 11.8 Å². The molecule has 0 radical (unpaired) electrons. The molecule has 0 spiro atoms. The third kappa shape index (κ3) is 5.78. The molecule has 3 rings (SSSR count). The average molecular weight is 472 g/mol. The van der Waals surface area contributed by atoms with Gasteiger partial charge in [0.25, 0.3) is 5.91 Å². The lowest BCUT2D eigenvalue weighted by atomic mass is 10.1. The number of carbonyl (C=O) groups excluding carboxylic acids is 1. The lowest BCUT2D eigenvalue weighted by molar-refractivity contribution is 0.0949. The molecule has 168 valence electrons. The molecule has 2 aromatic heterocycles. The van der Waals surface area contributed by atoms with Gasteiger partial charge in [-0.3, -0.25) is 9.59 Å². The minimum absolute atomic E-state index is 0.102. The van der Waals surface area contributed by atoms with E-state index in [0.717, 1.165) is 30.0 Å². The summed E-state index contributed by atoms with van der Waals surface area (Å²) < 4.78 is 1.96. The summed E-state index contributed by atoms with van der Waals surface area (Å²) in [5, 5.41) is 12.9. The largest absolute Gasteiger partial charge is 0.384 e. The van der Waals surface area contributed by atoms with Crippen molar-refractivity contribution in [2.45, 2.75) is 26.9 Å². The molecule has 0 aliphatic heterocycles. The van der Waals surface area contributed by atoms with Crippen molar-refractivity contribution in [2.24, 2.45) is 0 Å². The Morgan fingerprint density at radius 3 is 2.62 bits per heavy atom. The van der Waals surface area contributed by atoms with Gasteiger partial charge in [0.1, 0.15) is 17.0 Å². The highest BCUT2D eigenvalue weighted by molar-refractivity contribution is 7.19. The van der Waals surface area contributed by atoms with Crippen LogP contribution in [-0.2, 0) is 13.1 Å². The first-order valence-corrected chi connectivity index (χ1v) is 11.7. The molecular formula is C24H26ClN3O3S. The van der Waals surface area contributed by atoms with Crippen molar-refractivity contribution in [2.75, 3.05) is 26.2 Å². The molecule has 0 unspecified atom stereocenters. The number of aliphatic hydroxyl groups is 1. The van der Waals surface area contributed by atoms with Crippen LogP contribution in [0.3, 0.4) is 0 Å². The molecule has 2 N–H and O–H groups in total. The average Bonchev–Trinajstić information content (AvgIpc) is 3.24. The fourth-order valence-corrected chi connectivity index (χ4v) is 4.52. The van der Waals surface area contributed by atoms with Gasteiger partial charge in [-0.2, -0.15) is 0 Å². The van der Waals surface area contributed by atoms with Crippen LogP contribution in [0.25, 0.3) is 10.2 Å². The number of fused-ring (bicyclic) bond motifs is 1. The minimum atomic E-state index is -0.419. The highest BCUT2D eigenvalue weighted by Crippen LogP contribution is 2.23. The second-order valence-corrected chi connectivity index (χ2v) is 8.66. The summed E-state index contributed by atoms with van der Waals surface area (Å²) in [6, 6.07) is 8.89. The molecule has 0 saturated carbocycles. The molecule has 3 aromatic rings. The summed E-state index contributed by atoms with van der Waals surface area (Å²) in [7, 11) is 0. The first-order chi connectivity index (χ1) is 15.5. The first-order valence-electron chi connectivity index (χ1n) is 10.5. The molecule has 8 heteroatoms. The topological polar surface area (TPSA) is 74.6 Å². The van der Waals surface area contributed by atoms with Gasteiger partial charge in [0.2, 0.25) is 5.43 Å². The van der Waals surface area contributed by atoms with Gasteiger partial charge in [-0.25, -0.2) is 0 Å². The number of hydrogen-bond acceptors (Lipinski definition) is 5. The SMILES string of the molecule is CCN(CC)CCn1cc(C(=O)NCc2ccc(Cl)cc2)c(=O)c2cc(C#CCO)sc21. The van der Waals surface area contributed by atoms with Crippen LogP contribution in [0.15, 0.2) is 41.3 Å². The molecule has 1 aromatic carbocycles. The molecule has 0 atom stereocenters. The van der Waals surface area contributed by atoms with Gasteiger partial charge in [-0.05, 0) is 36.9 Å². The summed E-state index contributed by atoms with van der Waals surface area (Å²) >= 11 is 7.31. The van der Waals surface area contributed by atoms with Crippen LogP contribution in [0.1, 0.15) is 34.6 Å². The number of rotatable bonds is 8. The van der Waals surface area contributed by atoms with E-state index in [1.54, 1.807) is 24.4 Å². The van der Waals surface area contributed by atoms with E-state index < -0.39 is 5.91 Å². The van der Waals surface area contributed by atoms with E-state index in [-0.39, 0.29) is 17.6 Å². The molecule has 6 nitrogen and oxygen atoms in total. The smallest absolute Gasteiger partial charge is 0.257 e. The molecule has 0 bridgehead atoms. The van der Waals surface area contributed by atoms with Crippen LogP contribution < -0.4 is 10.7 Å². The number of hydrogen-bond donors (Lipinski definition) is 2. The Labute approximate surface area is 196 Å². The summed E-state index contributed by atoms with van der Waals surface area (Å²) in [5.74, 6) is 5.07. The zero-order valence-electron chi connectivity index (χ0n) is 18.2. The second-order valence-electron chi connectivity index (χ2n) is 7.19. The van der Waals surface area contributed by atoms with Crippen molar-refractivity contribution < 1.29 is 9.90 Å². The molecule has 0 saturated heterocycles. The zero-order chi connectivity index (χ0) is 23.1. The van der Waals surface area contributed by atoms with Crippen molar-refractivity contribution in [3.8, 4) is 11.8 Å². The van der Waals surface area contributed by atoms with Gasteiger partial charge in [-0.1, -0.05) is 49.4 Å². The minimum Gasteiger partial charge on any atom is -0.384 e. The zero-order valence-corrected chi connectivity index (χ0v) is 19.7. The third-order valence-corrected chi connectivity index (χ3v) is 6.54. The number of likely N-dealkylation sites (N-methyl/N-ethyl adjacent to an activating group) is 1. The molecule has 1 amide bonds. The fourth-order valence-electron chi connectivity index (χ4n) is 3.36. The van der Waals surface area contributed by atoms with Gasteiger partial charge in [0.05, 0.1) is 10.3 Å². The maximum Gasteiger partial charge on any atom is 0.257 e. The fraction of sp³-hybridized carbons (Fsp3) is 0.333. The van der Waals surface area contributed by atoms with Gasteiger partial charge in [-0.15, -0.1) is 11.3 Å². The maximum atomic E-state index is 13.1. The number of carbonyl (C=O) groups is 1. The number of nitrogens with zero attached hydrogens (tertiary/aromatic N) is 2. The molecule has 0 aliphatic rings. The summed E-state index contributed by atoms with van der Waals surface area (Å²) in [6.07, 6.45) is 1.64. The predicted octanol–water partition coefficient (Wildman–Crippen LogP) is 3.33. The maximum absolute atomic E-state index is 13.1. The second kappa shape index (κ2) is 11.3. The summed E-state index contributed by atoms with van der Waals surface area (Å²) in [4.78, 5) is 29.8. The Morgan fingerprint density at radius 2 is 1.97 bits per heavy atom. The third-order valence-electron chi connectivity index (χ3n) is 5.20. The Hall–Kier alpha value is -2.63. The Kier molecular flexibility index (Phi) is 8.48. The van der Waals surface area contributed by atoms with Crippen molar-refractivity contribution in [1.29, 1.82) is 0 Å². The molecular weight excluding hydrogens is 446 g/mol. The number of thiophene rings is 1. The van der Waals surface area contributed by atoms with Gasteiger partial charge in [0, 0.05) is 30.9 Å². The van der Waals surface area contributed by atoms with Crippen molar-refractivity contribution in [1.82, 2.24) is 14.8 Å². The van der Waals surface area contributed by atoms with Crippen molar-refractivity contribution in [3.63, 3.8) is 0 Å². The predicted molar refractivity (Wildman–Crippen MR) is 130 cm³/mol. The van der Waals surface area contributed by atoms with Crippen molar-refractivity contribution in [3.05, 3.63) is 67.8 Å². The number of amides is 1. The van der Waals surface area contributed by atoms with Crippen LogP contribution in [0.5, 0.6) is 0 Å². The first kappa shape index (κ1) is 24.0. The van der Waals surface area contributed by atoms with Gasteiger partial charge in [0.15, 0.2) is 0 Å². The van der Waals surface area contributed by atoms with E-state index in [1.165, 1.54) is 11.3 Å². The lowest BCUT2D eigenvalue weighted by Crippen LogP contribution is -2.31. The van der Waals surface area contributed by atoms with Crippen LogP contribution in [-0.4, -0.2) is 46.7 Å². The molecule has 2 heterocycles. The van der Waals surface area contributed by atoms with E-state index in [2.05, 4.69) is 35.9 Å². The number of aliphatic hydroxyl groups excluding tert-OH is 1. The summed E-state index contributed by atoms with van der Waals surface area (Å²) in [6.45, 7) is 7.54. The Morgan fingerprint density at radius 1 is 1.25 bits per heavy atom. The molecule has 32 heavy (non-hydrogen) atoms. The number of aromatic nitrogens is 1. The standard InChI is InChI=1S/C24H26ClN3O3S/c1-3-27(4-2)11-12-28-16-21(23(31)26-15-17-7-9-18(25)10-8-17)22(30)20-14-19(6-5-13-29)32-24(20)28/h7-10,14,16,29H,3-4,11-13,15H2,1-2H3,(H,26,31).